The fourth-order valence-electron chi connectivity index (χ4n) is 2.84. The van der Waals surface area contributed by atoms with Gasteiger partial charge in [0.2, 0.25) is 11.8 Å². The molecule has 0 atom stereocenters. The zero-order chi connectivity index (χ0) is 19.3. The van der Waals surface area contributed by atoms with Crippen LogP contribution in [-0.2, 0) is 9.59 Å². The number of para-hydroxylation sites is 1. The van der Waals surface area contributed by atoms with E-state index in [9.17, 15) is 9.59 Å². The van der Waals surface area contributed by atoms with Gasteiger partial charge in [-0.3, -0.25) is 9.59 Å². The van der Waals surface area contributed by atoms with E-state index in [4.69, 9.17) is 4.74 Å². The lowest BCUT2D eigenvalue weighted by Crippen LogP contribution is -2.37. The van der Waals surface area contributed by atoms with E-state index in [0.29, 0.717) is 11.4 Å². The van der Waals surface area contributed by atoms with Crippen LogP contribution in [0.5, 0.6) is 5.75 Å². The average Bonchev–Trinajstić information content (AvgIpc) is 2.59. The predicted octanol–water partition coefficient (Wildman–Crippen LogP) is 4.12. The summed E-state index contributed by atoms with van der Waals surface area (Å²) in [6.07, 6.45) is 0. The van der Waals surface area contributed by atoms with Gasteiger partial charge in [0, 0.05) is 12.6 Å². The number of benzene rings is 2. The van der Waals surface area contributed by atoms with Crippen LogP contribution >= 0.6 is 0 Å². The number of aryl methyl sites for hydroxylation is 1. The first kappa shape index (κ1) is 19.5. The number of carbonyl (C=O) groups is 2. The Bertz CT molecular complexity index is 800. The Balaban J connectivity index is 2.25. The number of ether oxygens (including phenoxy) is 1. The predicted molar refractivity (Wildman–Crippen MR) is 105 cm³/mol. The van der Waals surface area contributed by atoms with Crippen molar-refractivity contribution in [1.82, 2.24) is 0 Å². The van der Waals surface area contributed by atoms with Crippen molar-refractivity contribution >= 4 is 23.2 Å². The SMILES string of the molecule is COc1ccc(C)cc1NC(=O)CN(C(C)=O)c1ccccc1C(C)C. The first-order chi connectivity index (χ1) is 12.3. The molecule has 5 heteroatoms. The Labute approximate surface area is 155 Å². The second-order valence-corrected chi connectivity index (χ2v) is 6.57. The van der Waals surface area contributed by atoms with E-state index in [0.717, 1.165) is 16.8 Å². The van der Waals surface area contributed by atoms with Crippen molar-refractivity contribution in [2.24, 2.45) is 0 Å². The molecule has 2 amide bonds. The van der Waals surface area contributed by atoms with E-state index in [1.807, 2.05) is 49.4 Å². The molecule has 0 saturated carbocycles. The Kier molecular flexibility index (Phi) is 6.39. The van der Waals surface area contributed by atoms with E-state index >= 15 is 0 Å². The van der Waals surface area contributed by atoms with E-state index in [1.54, 1.807) is 7.11 Å². The highest BCUT2D eigenvalue weighted by Crippen LogP contribution is 2.28. The van der Waals surface area contributed by atoms with Crippen molar-refractivity contribution in [3.63, 3.8) is 0 Å². The van der Waals surface area contributed by atoms with Gasteiger partial charge in [0.05, 0.1) is 12.8 Å². The molecule has 0 saturated heterocycles. The summed E-state index contributed by atoms with van der Waals surface area (Å²) in [5, 5.41) is 2.85. The molecular formula is C21H26N2O3. The van der Waals surface area contributed by atoms with Gasteiger partial charge in [0.15, 0.2) is 0 Å². The lowest BCUT2D eigenvalue weighted by Gasteiger charge is -2.25. The Morgan fingerprint density at radius 2 is 1.85 bits per heavy atom. The van der Waals surface area contributed by atoms with E-state index < -0.39 is 0 Å². The molecule has 1 N–H and O–H groups in total. The molecule has 0 aliphatic heterocycles. The van der Waals surface area contributed by atoms with Crippen LogP contribution in [0.25, 0.3) is 0 Å². The zero-order valence-corrected chi connectivity index (χ0v) is 16.0. The maximum Gasteiger partial charge on any atom is 0.244 e. The molecule has 0 bridgehead atoms. The second-order valence-electron chi connectivity index (χ2n) is 6.57. The topological polar surface area (TPSA) is 58.6 Å². The van der Waals surface area contributed by atoms with Gasteiger partial charge in [-0.25, -0.2) is 0 Å². The van der Waals surface area contributed by atoms with Crippen molar-refractivity contribution in [2.45, 2.75) is 33.6 Å². The molecule has 0 aliphatic carbocycles. The summed E-state index contributed by atoms with van der Waals surface area (Å²) in [6, 6.07) is 13.2. The molecule has 2 aromatic carbocycles. The fourth-order valence-corrected chi connectivity index (χ4v) is 2.84. The van der Waals surface area contributed by atoms with Crippen LogP contribution in [0.1, 0.15) is 37.8 Å². The minimum atomic E-state index is -0.275. The van der Waals surface area contributed by atoms with Crippen molar-refractivity contribution in [3.05, 3.63) is 53.6 Å². The van der Waals surface area contributed by atoms with Crippen molar-refractivity contribution in [1.29, 1.82) is 0 Å². The highest BCUT2D eigenvalue weighted by atomic mass is 16.5. The molecule has 0 heterocycles. The highest BCUT2D eigenvalue weighted by Gasteiger charge is 2.20. The molecule has 0 aromatic heterocycles. The summed E-state index contributed by atoms with van der Waals surface area (Å²) < 4.78 is 5.29. The maximum absolute atomic E-state index is 12.6. The molecule has 5 nitrogen and oxygen atoms in total. The summed E-state index contributed by atoms with van der Waals surface area (Å²) in [5.41, 5.74) is 3.40. The summed E-state index contributed by atoms with van der Waals surface area (Å²) in [6.45, 7) is 7.48. The number of carbonyl (C=O) groups excluding carboxylic acids is 2. The molecule has 0 radical (unpaired) electrons. The van der Waals surface area contributed by atoms with Crippen LogP contribution in [-0.4, -0.2) is 25.5 Å². The number of methoxy groups -OCH3 is 1. The van der Waals surface area contributed by atoms with Gasteiger partial charge in [-0.05, 0) is 42.2 Å². The zero-order valence-electron chi connectivity index (χ0n) is 16.0. The summed E-state index contributed by atoms with van der Waals surface area (Å²) in [5.74, 6) is 0.376. The number of hydrogen-bond donors (Lipinski definition) is 1. The number of nitrogens with zero attached hydrogens (tertiary/aromatic N) is 1. The van der Waals surface area contributed by atoms with Crippen LogP contribution < -0.4 is 15.0 Å². The summed E-state index contributed by atoms with van der Waals surface area (Å²) >= 11 is 0. The molecule has 26 heavy (non-hydrogen) atoms. The molecule has 2 aromatic rings. The van der Waals surface area contributed by atoms with Crippen molar-refractivity contribution in [3.8, 4) is 5.75 Å². The molecule has 0 unspecified atom stereocenters. The third-order valence-electron chi connectivity index (χ3n) is 4.16. The number of nitrogens with one attached hydrogen (secondary N) is 1. The van der Waals surface area contributed by atoms with Gasteiger partial charge in [0.25, 0.3) is 0 Å². The smallest absolute Gasteiger partial charge is 0.244 e. The van der Waals surface area contributed by atoms with Gasteiger partial charge < -0.3 is 15.0 Å². The number of rotatable bonds is 6. The van der Waals surface area contributed by atoms with Crippen LogP contribution in [0.15, 0.2) is 42.5 Å². The van der Waals surface area contributed by atoms with Crippen molar-refractivity contribution < 1.29 is 14.3 Å². The quantitative estimate of drug-likeness (QED) is 0.849. The van der Waals surface area contributed by atoms with E-state index in [-0.39, 0.29) is 24.3 Å². The normalized spacial score (nSPS) is 10.5. The van der Waals surface area contributed by atoms with Gasteiger partial charge in [-0.15, -0.1) is 0 Å². The van der Waals surface area contributed by atoms with Gasteiger partial charge in [-0.1, -0.05) is 38.1 Å². The van der Waals surface area contributed by atoms with Gasteiger partial charge in [0.1, 0.15) is 12.3 Å². The number of hydrogen-bond acceptors (Lipinski definition) is 3. The monoisotopic (exact) mass is 354 g/mol. The molecular weight excluding hydrogens is 328 g/mol. The Hall–Kier alpha value is -2.82. The summed E-state index contributed by atoms with van der Waals surface area (Å²) in [7, 11) is 1.56. The van der Waals surface area contributed by atoms with E-state index in [2.05, 4.69) is 19.2 Å². The fraction of sp³-hybridized carbons (Fsp3) is 0.333. The lowest BCUT2D eigenvalue weighted by molar-refractivity contribution is -0.120. The van der Waals surface area contributed by atoms with Crippen LogP contribution in [0.4, 0.5) is 11.4 Å². The van der Waals surface area contributed by atoms with Gasteiger partial charge >= 0.3 is 0 Å². The minimum absolute atomic E-state index is 0.0594. The number of amides is 2. The van der Waals surface area contributed by atoms with E-state index in [1.165, 1.54) is 11.8 Å². The third kappa shape index (κ3) is 4.63. The maximum atomic E-state index is 12.6. The minimum Gasteiger partial charge on any atom is -0.495 e. The molecule has 138 valence electrons. The highest BCUT2D eigenvalue weighted by molar-refractivity contribution is 6.02. The first-order valence-electron chi connectivity index (χ1n) is 8.65. The lowest BCUT2D eigenvalue weighted by atomic mass is 10.0. The van der Waals surface area contributed by atoms with Gasteiger partial charge in [-0.2, -0.15) is 0 Å². The Morgan fingerprint density at radius 3 is 2.46 bits per heavy atom. The third-order valence-corrected chi connectivity index (χ3v) is 4.16. The van der Waals surface area contributed by atoms with Crippen LogP contribution in [0.2, 0.25) is 0 Å². The molecule has 0 aliphatic rings. The standard InChI is InChI=1S/C21H26N2O3/c1-14(2)17-8-6-7-9-19(17)23(16(4)24)13-21(25)22-18-12-15(3)10-11-20(18)26-5/h6-12,14H,13H2,1-5H3,(H,22,25). The molecule has 0 fully saturated rings. The van der Waals surface area contributed by atoms with Crippen LogP contribution in [0, 0.1) is 6.92 Å². The summed E-state index contributed by atoms with van der Waals surface area (Å²) in [4.78, 5) is 26.3. The average molecular weight is 354 g/mol. The second kappa shape index (κ2) is 8.52. The largest absolute Gasteiger partial charge is 0.495 e. The van der Waals surface area contributed by atoms with Crippen LogP contribution in [0.3, 0.4) is 0 Å². The first-order valence-corrected chi connectivity index (χ1v) is 8.65. The van der Waals surface area contributed by atoms with Crippen molar-refractivity contribution in [2.75, 3.05) is 23.9 Å². The molecule has 0 spiro atoms. The Morgan fingerprint density at radius 1 is 1.15 bits per heavy atom. The molecule has 2 rings (SSSR count). The number of anilines is 2.